The second-order valence-corrected chi connectivity index (χ2v) is 3.13. The third-order valence-electron chi connectivity index (χ3n) is 1.36. The van der Waals surface area contributed by atoms with Crippen molar-refractivity contribution < 1.29 is 4.57 Å². The zero-order chi connectivity index (χ0) is 8.27. The molecule has 0 saturated carbocycles. The molecule has 0 radical (unpaired) electrons. The summed E-state index contributed by atoms with van der Waals surface area (Å²) in [5.74, 6) is 1.47. The van der Waals surface area contributed by atoms with Gasteiger partial charge in [0.15, 0.2) is 0 Å². The Kier molecular flexibility index (Phi) is 2.52. The molecule has 0 aliphatic heterocycles. The maximum absolute atomic E-state index is 4.08. The Balaban J connectivity index is 2.66. The smallest absolute Gasteiger partial charge is 0.239 e. The number of rotatable bonds is 2. The minimum absolute atomic E-state index is 0.645. The van der Waals surface area contributed by atoms with Crippen molar-refractivity contribution in [3.8, 4) is 0 Å². The monoisotopic (exact) mass is 152 g/mol. The van der Waals surface area contributed by atoms with E-state index in [1.54, 1.807) is 0 Å². The Morgan fingerprint density at radius 2 is 1.91 bits per heavy atom. The Morgan fingerprint density at radius 3 is 2.36 bits per heavy atom. The van der Waals surface area contributed by atoms with Crippen molar-refractivity contribution in [2.24, 2.45) is 5.92 Å². The number of aromatic nitrogens is 3. The Bertz CT molecular complexity index is 215. The second kappa shape index (κ2) is 3.42. The first-order valence-electron chi connectivity index (χ1n) is 3.86. The van der Waals surface area contributed by atoms with E-state index in [2.05, 4.69) is 23.8 Å². The maximum atomic E-state index is 4.08. The Labute approximate surface area is 67.1 Å². The van der Waals surface area contributed by atoms with Gasteiger partial charge >= 0.3 is 0 Å². The quantitative estimate of drug-likeness (QED) is 0.585. The van der Waals surface area contributed by atoms with Gasteiger partial charge in [-0.1, -0.05) is 23.8 Å². The van der Waals surface area contributed by atoms with E-state index in [4.69, 9.17) is 0 Å². The van der Waals surface area contributed by atoms with Crippen LogP contribution >= 0.6 is 0 Å². The molecule has 0 saturated heterocycles. The van der Waals surface area contributed by atoms with Gasteiger partial charge in [0.25, 0.3) is 5.82 Å². The molecule has 0 aliphatic carbocycles. The lowest BCUT2D eigenvalue weighted by atomic mass is 10.2. The van der Waals surface area contributed by atoms with Crippen molar-refractivity contribution in [1.82, 2.24) is 9.97 Å². The molecule has 1 aromatic heterocycles. The van der Waals surface area contributed by atoms with Crippen molar-refractivity contribution >= 4 is 0 Å². The van der Waals surface area contributed by atoms with Crippen LogP contribution in [0, 0.1) is 12.8 Å². The zero-order valence-electron chi connectivity index (χ0n) is 7.28. The van der Waals surface area contributed by atoms with E-state index >= 15 is 0 Å². The maximum Gasteiger partial charge on any atom is 0.273 e. The molecule has 0 aliphatic rings. The zero-order valence-corrected chi connectivity index (χ0v) is 7.28. The molecular formula is C8H14N3+. The van der Waals surface area contributed by atoms with Crippen LogP contribution in [-0.4, -0.2) is 9.97 Å². The van der Waals surface area contributed by atoms with Gasteiger partial charge in [-0.3, -0.25) is 0 Å². The van der Waals surface area contributed by atoms with Gasteiger partial charge in [0.05, 0.1) is 6.54 Å². The van der Waals surface area contributed by atoms with Crippen LogP contribution in [0.1, 0.15) is 19.7 Å². The van der Waals surface area contributed by atoms with Crippen molar-refractivity contribution in [3.63, 3.8) is 0 Å². The molecule has 0 spiro atoms. The summed E-state index contributed by atoms with van der Waals surface area (Å²) in [6.07, 6.45) is 3.64. The SMILES string of the molecule is Cc1nc[n+](CC(C)C)cn1. The molecule has 0 unspecified atom stereocenters. The van der Waals surface area contributed by atoms with Gasteiger partial charge in [0.2, 0.25) is 12.7 Å². The van der Waals surface area contributed by atoms with Crippen LogP contribution in [0.2, 0.25) is 0 Å². The minimum atomic E-state index is 0.645. The third-order valence-corrected chi connectivity index (χ3v) is 1.36. The second-order valence-electron chi connectivity index (χ2n) is 3.13. The molecule has 3 heteroatoms. The standard InChI is InChI=1S/C8H14N3/c1-7(2)4-11-5-9-8(3)10-6-11/h5-7H,4H2,1-3H3/q+1. The van der Waals surface area contributed by atoms with Crippen LogP contribution in [0.5, 0.6) is 0 Å². The van der Waals surface area contributed by atoms with Crippen molar-refractivity contribution in [2.45, 2.75) is 27.3 Å². The lowest BCUT2D eigenvalue weighted by Crippen LogP contribution is -2.36. The first kappa shape index (κ1) is 8.11. The number of hydrogen-bond donors (Lipinski definition) is 0. The molecule has 0 amide bonds. The van der Waals surface area contributed by atoms with Crippen LogP contribution in [0.3, 0.4) is 0 Å². The minimum Gasteiger partial charge on any atom is -0.239 e. The first-order chi connectivity index (χ1) is 5.18. The van der Waals surface area contributed by atoms with Gasteiger partial charge in [-0.15, -0.1) is 0 Å². The topological polar surface area (TPSA) is 29.7 Å². The average molecular weight is 152 g/mol. The lowest BCUT2D eigenvalue weighted by molar-refractivity contribution is -0.708. The molecule has 60 valence electrons. The van der Waals surface area contributed by atoms with Crippen molar-refractivity contribution in [2.75, 3.05) is 0 Å². The predicted octanol–water partition coefficient (Wildman–Crippen LogP) is 0.729. The fraction of sp³-hybridized carbons (Fsp3) is 0.625. The Morgan fingerprint density at radius 1 is 1.36 bits per heavy atom. The third kappa shape index (κ3) is 2.62. The normalized spacial score (nSPS) is 10.5. The molecule has 0 bridgehead atoms. The van der Waals surface area contributed by atoms with E-state index < -0.39 is 0 Å². The summed E-state index contributed by atoms with van der Waals surface area (Å²) < 4.78 is 2.00. The largest absolute Gasteiger partial charge is 0.273 e. The van der Waals surface area contributed by atoms with Crippen LogP contribution in [-0.2, 0) is 6.54 Å². The van der Waals surface area contributed by atoms with Gasteiger partial charge in [0.1, 0.15) is 0 Å². The molecule has 1 rings (SSSR count). The molecule has 1 heterocycles. The highest BCUT2D eigenvalue weighted by molar-refractivity contribution is 4.69. The highest BCUT2D eigenvalue weighted by Crippen LogP contribution is 1.89. The van der Waals surface area contributed by atoms with Crippen molar-refractivity contribution in [3.05, 3.63) is 18.5 Å². The lowest BCUT2D eigenvalue weighted by Gasteiger charge is -2.00. The average Bonchev–Trinajstić information content (AvgIpc) is 1.93. The predicted molar refractivity (Wildman–Crippen MR) is 41.8 cm³/mol. The molecule has 0 atom stereocenters. The molecule has 0 aromatic carbocycles. The summed E-state index contributed by atoms with van der Waals surface area (Å²) in [6.45, 7) is 7.22. The molecule has 1 aromatic rings. The van der Waals surface area contributed by atoms with E-state index in [1.807, 2.05) is 24.1 Å². The first-order valence-corrected chi connectivity index (χ1v) is 3.86. The molecule has 0 fully saturated rings. The van der Waals surface area contributed by atoms with Crippen LogP contribution in [0.15, 0.2) is 12.7 Å². The van der Waals surface area contributed by atoms with Gasteiger partial charge < -0.3 is 0 Å². The van der Waals surface area contributed by atoms with Gasteiger partial charge in [-0.25, -0.2) is 4.57 Å². The summed E-state index contributed by atoms with van der Waals surface area (Å²) in [4.78, 5) is 8.17. The molecule has 3 nitrogen and oxygen atoms in total. The van der Waals surface area contributed by atoms with Gasteiger partial charge in [-0.05, 0) is 5.92 Å². The summed E-state index contributed by atoms with van der Waals surface area (Å²) in [5, 5.41) is 0. The van der Waals surface area contributed by atoms with Gasteiger partial charge in [0, 0.05) is 6.92 Å². The summed E-state index contributed by atoms with van der Waals surface area (Å²) in [5.41, 5.74) is 0. The van der Waals surface area contributed by atoms with Crippen molar-refractivity contribution in [1.29, 1.82) is 0 Å². The summed E-state index contributed by atoms with van der Waals surface area (Å²) in [7, 11) is 0. The van der Waals surface area contributed by atoms with E-state index in [-0.39, 0.29) is 0 Å². The highest BCUT2D eigenvalue weighted by Gasteiger charge is 2.01. The number of hydrogen-bond acceptors (Lipinski definition) is 2. The van der Waals surface area contributed by atoms with E-state index in [0.717, 1.165) is 12.4 Å². The summed E-state index contributed by atoms with van der Waals surface area (Å²) >= 11 is 0. The molecule has 0 N–H and O–H groups in total. The van der Waals surface area contributed by atoms with E-state index in [0.29, 0.717) is 5.92 Å². The molecule has 11 heavy (non-hydrogen) atoms. The summed E-state index contributed by atoms with van der Waals surface area (Å²) in [6, 6.07) is 0. The van der Waals surface area contributed by atoms with Crippen LogP contribution in [0.25, 0.3) is 0 Å². The fourth-order valence-corrected chi connectivity index (χ4v) is 0.894. The van der Waals surface area contributed by atoms with Crippen LogP contribution in [0.4, 0.5) is 0 Å². The van der Waals surface area contributed by atoms with E-state index in [1.165, 1.54) is 0 Å². The Hall–Kier alpha value is -0.990. The highest BCUT2D eigenvalue weighted by atomic mass is 15.1. The van der Waals surface area contributed by atoms with Gasteiger partial charge in [-0.2, -0.15) is 0 Å². The molecular weight excluding hydrogens is 138 g/mol. The fourth-order valence-electron chi connectivity index (χ4n) is 0.894. The number of nitrogens with zero attached hydrogens (tertiary/aromatic N) is 3. The van der Waals surface area contributed by atoms with E-state index in [9.17, 15) is 0 Å². The number of aryl methyl sites for hydroxylation is 1. The van der Waals surface area contributed by atoms with Crippen LogP contribution < -0.4 is 4.57 Å².